The van der Waals surface area contributed by atoms with Gasteiger partial charge in [0, 0.05) is 12.3 Å². The summed E-state index contributed by atoms with van der Waals surface area (Å²) in [6.45, 7) is 0. The summed E-state index contributed by atoms with van der Waals surface area (Å²) >= 11 is 5.69. The standard InChI is InChI=1S/C11H7ClN2O3/c12-8-4-3-7-13(11(8)15)9-5-1-2-6-10(9)14(16)17/h1-7H. The normalized spacial score (nSPS) is 10.2. The van der Waals surface area contributed by atoms with Crippen LogP contribution >= 0.6 is 11.6 Å². The van der Waals surface area contributed by atoms with E-state index in [0.29, 0.717) is 0 Å². The first-order valence-electron chi connectivity index (χ1n) is 4.72. The predicted molar refractivity (Wildman–Crippen MR) is 63.7 cm³/mol. The molecule has 1 aromatic carbocycles. The molecule has 1 aromatic heterocycles. The Morgan fingerprint density at radius 2 is 1.88 bits per heavy atom. The summed E-state index contributed by atoms with van der Waals surface area (Å²) in [7, 11) is 0. The molecule has 5 nitrogen and oxygen atoms in total. The Balaban J connectivity index is 2.73. The summed E-state index contributed by atoms with van der Waals surface area (Å²) in [5, 5.41) is 10.9. The van der Waals surface area contributed by atoms with Crippen molar-refractivity contribution < 1.29 is 4.92 Å². The SMILES string of the molecule is O=c1c(Cl)cccn1-c1ccccc1[N+](=O)[O-]. The Hall–Kier alpha value is -2.14. The Kier molecular flexibility index (Phi) is 2.93. The maximum absolute atomic E-state index is 11.8. The van der Waals surface area contributed by atoms with Gasteiger partial charge in [-0.25, -0.2) is 0 Å². The first-order valence-corrected chi connectivity index (χ1v) is 5.10. The highest BCUT2D eigenvalue weighted by Gasteiger charge is 2.15. The van der Waals surface area contributed by atoms with Crippen molar-refractivity contribution in [3.63, 3.8) is 0 Å². The van der Waals surface area contributed by atoms with E-state index in [1.807, 2.05) is 0 Å². The van der Waals surface area contributed by atoms with E-state index in [2.05, 4.69) is 0 Å². The number of benzene rings is 1. The number of halogens is 1. The van der Waals surface area contributed by atoms with E-state index in [9.17, 15) is 14.9 Å². The van der Waals surface area contributed by atoms with E-state index in [1.54, 1.807) is 12.1 Å². The molecule has 0 fully saturated rings. The highest BCUT2D eigenvalue weighted by Crippen LogP contribution is 2.20. The summed E-state index contributed by atoms with van der Waals surface area (Å²) in [4.78, 5) is 22.1. The van der Waals surface area contributed by atoms with Crippen molar-refractivity contribution in [3.8, 4) is 5.69 Å². The van der Waals surface area contributed by atoms with Crippen molar-refractivity contribution in [1.29, 1.82) is 0 Å². The minimum absolute atomic E-state index is 0.0191. The second kappa shape index (κ2) is 4.39. The van der Waals surface area contributed by atoms with Crippen LogP contribution in [0, 0.1) is 10.1 Å². The molecule has 0 atom stereocenters. The van der Waals surface area contributed by atoms with Crippen molar-refractivity contribution in [1.82, 2.24) is 4.57 Å². The van der Waals surface area contributed by atoms with Crippen LogP contribution in [0.2, 0.25) is 5.02 Å². The van der Waals surface area contributed by atoms with Crippen molar-refractivity contribution in [3.05, 3.63) is 68.1 Å². The summed E-state index contributed by atoms with van der Waals surface area (Å²) in [6, 6.07) is 8.99. The zero-order valence-electron chi connectivity index (χ0n) is 8.54. The summed E-state index contributed by atoms with van der Waals surface area (Å²) < 4.78 is 1.15. The van der Waals surface area contributed by atoms with Gasteiger partial charge in [0.1, 0.15) is 10.7 Å². The number of pyridine rings is 1. The zero-order valence-corrected chi connectivity index (χ0v) is 9.29. The fourth-order valence-corrected chi connectivity index (χ4v) is 1.64. The van der Waals surface area contributed by atoms with Gasteiger partial charge in [0.2, 0.25) is 0 Å². The van der Waals surface area contributed by atoms with Crippen molar-refractivity contribution in [2.75, 3.05) is 0 Å². The van der Waals surface area contributed by atoms with E-state index in [4.69, 9.17) is 11.6 Å². The molecule has 0 bridgehead atoms. The highest BCUT2D eigenvalue weighted by molar-refractivity contribution is 6.30. The first-order chi connectivity index (χ1) is 8.11. The molecule has 0 saturated heterocycles. The molecule has 17 heavy (non-hydrogen) atoms. The number of nitro groups is 1. The van der Waals surface area contributed by atoms with Gasteiger partial charge in [0.05, 0.1) is 4.92 Å². The monoisotopic (exact) mass is 250 g/mol. The van der Waals surface area contributed by atoms with Gasteiger partial charge in [-0.15, -0.1) is 0 Å². The van der Waals surface area contributed by atoms with E-state index >= 15 is 0 Å². The van der Waals surface area contributed by atoms with Crippen molar-refractivity contribution in [2.24, 2.45) is 0 Å². The molecule has 0 unspecified atom stereocenters. The first kappa shape index (κ1) is 11.3. The Bertz CT molecular complexity index is 637. The fourth-order valence-electron chi connectivity index (χ4n) is 1.48. The Morgan fingerprint density at radius 3 is 2.59 bits per heavy atom. The minimum atomic E-state index is -0.539. The number of nitro benzene ring substituents is 1. The topological polar surface area (TPSA) is 65.1 Å². The molecule has 0 aliphatic heterocycles. The smallest absolute Gasteiger partial charge is 0.276 e. The Morgan fingerprint density at radius 1 is 1.18 bits per heavy atom. The molecule has 86 valence electrons. The lowest BCUT2D eigenvalue weighted by Crippen LogP contribution is -2.18. The molecule has 0 aliphatic carbocycles. The molecule has 0 radical (unpaired) electrons. The summed E-state index contributed by atoms with van der Waals surface area (Å²) in [5.41, 5.74) is -0.426. The maximum atomic E-state index is 11.8. The van der Waals surface area contributed by atoms with Crippen LogP contribution in [0.1, 0.15) is 0 Å². The van der Waals surface area contributed by atoms with Gasteiger partial charge < -0.3 is 0 Å². The summed E-state index contributed by atoms with van der Waals surface area (Å²) in [5.74, 6) is 0. The van der Waals surface area contributed by atoms with Gasteiger partial charge in [0.15, 0.2) is 0 Å². The largest absolute Gasteiger partial charge is 0.293 e. The van der Waals surface area contributed by atoms with Gasteiger partial charge in [-0.2, -0.15) is 0 Å². The third-order valence-electron chi connectivity index (χ3n) is 2.24. The predicted octanol–water partition coefficient (Wildman–Crippen LogP) is 2.40. The molecule has 1 heterocycles. The average Bonchev–Trinajstić information content (AvgIpc) is 2.33. The van der Waals surface area contributed by atoms with Gasteiger partial charge in [0.25, 0.3) is 11.2 Å². The second-order valence-corrected chi connectivity index (χ2v) is 3.68. The molecule has 0 spiro atoms. The van der Waals surface area contributed by atoms with Crippen molar-refractivity contribution in [2.45, 2.75) is 0 Å². The van der Waals surface area contributed by atoms with E-state index in [-0.39, 0.29) is 16.4 Å². The average molecular weight is 251 g/mol. The lowest BCUT2D eigenvalue weighted by molar-refractivity contribution is -0.384. The number of hydrogen-bond donors (Lipinski definition) is 0. The third-order valence-corrected chi connectivity index (χ3v) is 2.53. The second-order valence-electron chi connectivity index (χ2n) is 3.28. The molecule has 0 aliphatic rings. The van der Waals surface area contributed by atoms with Gasteiger partial charge in [-0.1, -0.05) is 23.7 Å². The quantitative estimate of drug-likeness (QED) is 0.607. The highest BCUT2D eigenvalue weighted by atomic mass is 35.5. The molecule has 0 saturated carbocycles. The van der Waals surface area contributed by atoms with Crippen LogP contribution in [-0.4, -0.2) is 9.49 Å². The molecule has 2 rings (SSSR count). The number of nitrogens with zero attached hydrogens (tertiary/aromatic N) is 2. The van der Waals surface area contributed by atoms with E-state index in [0.717, 1.165) is 4.57 Å². The molecular formula is C11H7ClN2O3. The molecule has 0 amide bonds. The van der Waals surface area contributed by atoms with Crippen LogP contribution in [0.3, 0.4) is 0 Å². The van der Waals surface area contributed by atoms with Gasteiger partial charge in [-0.05, 0) is 18.2 Å². The zero-order chi connectivity index (χ0) is 12.4. The van der Waals surface area contributed by atoms with Crippen LogP contribution in [-0.2, 0) is 0 Å². The number of aromatic nitrogens is 1. The van der Waals surface area contributed by atoms with Crippen LogP contribution in [0.15, 0.2) is 47.4 Å². The van der Waals surface area contributed by atoms with Crippen LogP contribution < -0.4 is 5.56 Å². The lowest BCUT2D eigenvalue weighted by atomic mass is 10.2. The number of rotatable bonds is 2. The van der Waals surface area contributed by atoms with Crippen molar-refractivity contribution >= 4 is 17.3 Å². The van der Waals surface area contributed by atoms with Crippen LogP contribution in [0.25, 0.3) is 5.69 Å². The summed E-state index contributed by atoms with van der Waals surface area (Å²) in [6.07, 6.45) is 1.44. The molecule has 6 heteroatoms. The third kappa shape index (κ3) is 2.05. The minimum Gasteiger partial charge on any atom is -0.276 e. The fraction of sp³-hybridized carbons (Fsp3) is 0. The van der Waals surface area contributed by atoms with Gasteiger partial charge >= 0.3 is 0 Å². The molecular weight excluding hydrogens is 244 g/mol. The van der Waals surface area contributed by atoms with Gasteiger partial charge in [-0.3, -0.25) is 19.5 Å². The van der Waals surface area contributed by atoms with Crippen LogP contribution in [0.5, 0.6) is 0 Å². The van der Waals surface area contributed by atoms with E-state index < -0.39 is 10.5 Å². The van der Waals surface area contributed by atoms with E-state index in [1.165, 1.54) is 30.5 Å². The number of para-hydroxylation sites is 2. The Labute approximate surface area is 101 Å². The molecule has 2 aromatic rings. The lowest BCUT2D eigenvalue weighted by Gasteiger charge is -2.05. The van der Waals surface area contributed by atoms with Crippen LogP contribution in [0.4, 0.5) is 5.69 Å². The maximum Gasteiger partial charge on any atom is 0.293 e. The number of hydrogen-bond acceptors (Lipinski definition) is 3. The molecule has 0 N–H and O–H groups in total.